The fourth-order valence-electron chi connectivity index (χ4n) is 1.04. The van der Waals surface area contributed by atoms with Gasteiger partial charge in [0.15, 0.2) is 0 Å². The molecule has 0 aliphatic carbocycles. The molecule has 0 bridgehead atoms. The third kappa shape index (κ3) is 4.60. The summed E-state index contributed by atoms with van der Waals surface area (Å²) in [5.74, 6) is 1.40. The van der Waals surface area contributed by atoms with E-state index in [-0.39, 0.29) is 0 Å². The maximum Gasteiger partial charge on any atom is 0.218 e. The molecule has 0 fully saturated rings. The summed E-state index contributed by atoms with van der Waals surface area (Å²) < 4.78 is 5.39. The Labute approximate surface area is 90.1 Å². The molecule has 1 aromatic heterocycles. The summed E-state index contributed by atoms with van der Waals surface area (Å²) >= 11 is 0. The predicted octanol–water partition coefficient (Wildman–Crippen LogP) is 1.03. The number of ether oxygens (including phenoxy) is 1. The zero-order valence-corrected chi connectivity index (χ0v) is 9.07. The standard InChI is InChI=1S/C10H18N4O/c1-2-6-15-10-7-9(13-8-14-10)12-5-3-4-11/h7-8H,2-6,11H2,1H3,(H,12,13,14). The van der Waals surface area contributed by atoms with E-state index in [0.29, 0.717) is 19.0 Å². The molecular weight excluding hydrogens is 192 g/mol. The molecule has 0 spiro atoms. The van der Waals surface area contributed by atoms with Gasteiger partial charge in [0.05, 0.1) is 6.61 Å². The smallest absolute Gasteiger partial charge is 0.218 e. The van der Waals surface area contributed by atoms with Crippen molar-refractivity contribution < 1.29 is 4.74 Å². The van der Waals surface area contributed by atoms with Crippen LogP contribution < -0.4 is 15.8 Å². The highest BCUT2D eigenvalue weighted by Gasteiger charge is 1.98. The van der Waals surface area contributed by atoms with Gasteiger partial charge in [0.25, 0.3) is 0 Å². The lowest BCUT2D eigenvalue weighted by Crippen LogP contribution is -2.09. The SMILES string of the molecule is CCCOc1cc(NCCCN)ncn1. The second kappa shape index (κ2) is 7.00. The Morgan fingerprint density at radius 3 is 3.07 bits per heavy atom. The van der Waals surface area contributed by atoms with Crippen LogP contribution >= 0.6 is 0 Å². The first-order valence-corrected chi connectivity index (χ1v) is 5.25. The molecule has 0 amide bonds. The van der Waals surface area contributed by atoms with E-state index in [1.807, 2.05) is 0 Å². The van der Waals surface area contributed by atoms with Gasteiger partial charge in [-0.05, 0) is 19.4 Å². The van der Waals surface area contributed by atoms with Gasteiger partial charge < -0.3 is 15.8 Å². The molecule has 0 atom stereocenters. The Balaban J connectivity index is 2.42. The van der Waals surface area contributed by atoms with Gasteiger partial charge in [-0.25, -0.2) is 9.97 Å². The maximum atomic E-state index is 5.39. The molecule has 5 heteroatoms. The molecule has 84 valence electrons. The van der Waals surface area contributed by atoms with Crippen LogP contribution in [0, 0.1) is 0 Å². The molecule has 0 aromatic carbocycles. The van der Waals surface area contributed by atoms with E-state index in [2.05, 4.69) is 22.2 Å². The van der Waals surface area contributed by atoms with Crippen LogP contribution in [0.15, 0.2) is 12.4 Å². The van der Waals surface area contributed by atoms with E-state index in [0.717, 1.165) is 25.2 Å². The molecule has 0 saturated heterocycles. The molecule has 1 heterocycles. The Bertz CT molecular complexity index is 280. The number of nitrogens with two attached hydrogens (primary N) is 1. The fourth-order valence-corrected chi connectivity index (χ4v) is 1.04. The lowest BCUT2D eigenvalue weighted by Gasteiger charge is -2.06. The van der Waals surface area contributed by atoms with Gasteiger partial charge in [0, 0.05) is 12.6 Å². The van der Waals surface area contributed by atoms with E-state index < -0.39 is 0 Å². The number of rotatable bonds is 7. The summed E-state index contributed by atoms with van der Waals surface area (Å²) in [5, 5.41) is 3.15. The second-order valence-corrected chi connectivity index (χ2v) is 3.16. The summed E-state index contributed by atoms with van der Waals surface area (Å²) in [5.41, 5.74) is 5.39. The average molecular weight is 210 g/mol. The number of anilines is 1. The van der Waals surface area contributed by atoms with Gasteiger partial charge in [-0.15, -0.1) is 0 Å². The number of hydrogen-bond acceptors (Lipinski definition) is 5. The largest absolute Gasteiger partial charge is 0.478 e. The minimum atomic E-state index is 0.613. The van der Waals surface area contributed by atoms with E-state index >= 15 is 0 Å². The number of nitrogens with zero attached hydrogens (tertiary/aromatic N) is 2. The van der Waals surface area contributed by atoms with Crippen molar-refractivity contribution in [1.82, 2.24) is 9.97 Å². The van der Waals surface area contributed by atoms with Gasteiger partial charge in [0.2, 0.25) is 5.88 Å². The van der Waals surface area contributed by atoms with Crippen molar-refractivity contribution in [3.05, 3.63) is 12.4 Å². The van der Waals surface area contributed by atoms with Crippen LogP contribution in [0.2, 0.25) is 0 Å². The highest BCUT2D eigenvalue weighted by Crippen LogP contribution is 2.10. The molecule has 0 aliphatic heterocycles. The predicted molar refractivity (Wildman–Crippen MR) is 60.0 cm³/mol. The quantitative estimate of drug-likeness (QED) is 0.657. The van der Waals surface area contributed by atoms with Crippen molar-refractivity contribution in [3.63, 3.8) is 0 Å². The van der Waals surface area contributed by atoms with Gasteiger partial charge in [-0.1, -0.05) is 6.92 Å². The third-order valence-electron chi connectivity index (χ3n) is 1.78. The van der Waals surface area contributed by atoms with E-state index in [1.54, 1.807) is 6.07 Å². The zero-order valence-electron chi connectivity index (χ0n) is 9.07. The van der Waals surface area contributed by atoms with Crippen LogP contribution in [0.4, 0.5) is 5.82 Å². The lowest BCUT2D eigenvalue weighted by molar-refractivity contribution is 0.305. The van der Waals surface area contributed by atoms with E-state index in [4.69, 9.17) is 10.5 Å². The number of hydrogen-bond donors (Lipinski definition) is 2. The minimum absolute atomic E-state index is 0.613. The van der Waals surface area contributed by atoms with Crippen LogP contribution in [-0.2, 0) is 0 Å². The monoisotopic (exact) mass is 210 g/mol. The average Bonchev–Trinajstić information content (AvgIpc) is 2.27. The summed E-state index contributed by atoms with van der Waals surface area (Å²) in [4.78, 5) is 8.08. The van der Waals surface area contributed by atoms with Crippen LogP contribution in [0.3, 0.4) is 0 Å². The molecule has 5 nitrogen and oxygen atoms in total. The van der Waals surface area contributed by atoms with Crippen molar-refractivity contribution in [1.29, 1.82) is 0 Å². The highest BCUT2D eigenvalue weighted by atomic mass is 16.5. The zero-order chi connectivity index (χ0) is 10.9. The van der Waals surface area contributed by atoms with Gasteiger partial charge in [0.1, 0.15) is 12.1 Å². The van der Waals surface area contributed by atoms with E-state index in [9.17, 15) is 0 Å². The van der Waals surface area contributed by atoms with Gasteiger partial charge in [-0.3, -0.25) is 0 Å². The Kier molecular flexibility index (Phi) is 5.47. The molecule has 1 rings (SSSR count). The highest BCUT2D eigenvalue weighted by molar-refractivity contribution is 5.36. The van der Waals surface area contributed by atoms with Gasteiger partial charge in [-0.2, -0.15) is 0 Å². The van der Waals surface area contributed by atoms with Crippen molar-refractivity contribution in [2.24, 2.45) is 5.73 Å². The molecule has 0 unspecified atom stereocenters. The maximum absolute atomic E-state index is 5.39. The Hall–Kier alpha value is -1.36. The molecule has 0 radical (unpaired) electrons. The summed E-state index contributed by atoms with van der Waals surface area (Å²) in [7, 11) is 0. The summed E-state index contributed by atoms with van der Waals surface area (Å²) in [6, 6.07) is 1.80. The molecule has 0 aliphatic rings. The van der Waals surface area contributed by atoms with Crippen molar-refractivity contribution in [2.75, 3.05) is 25.0 Å². The Morgan fingerprint density at radius 2 is 2.33 bits per heavy atom. The molecule has 15 heavy (non-hydrogen) atoms. The number of aromatic nitrogens is 2. The minimum Gasteiger partial charge on any atom is -0.478 e. The topological polar surface area (TPSA) is 73.1 Å². The number of nitrogens with one attached hydrogen (secondary N) is 1. The lowest BCUT2D eigenvalue weighted by atomic mass is 10.4. The summed E-state index contributed by atoms with van der Waals surface area (Å²) in [6.45, 7) is 4.23. The van der Waals surface area contributed by atoms with Crippen molar-refractivity contribution in [2.45, 2.75) is 19.8 Å². The van der Waals surface area contributed by atoms with Crippen LogP contribution in [0.5, 0.6) is 5.88 Å². The molecule has 3 N–H and O–H groups in total. The molecular formula is C10H18N4O. The normalized spacial score (nSPS) is 10.0. The first kappa shape index (κ1) is 11.7. The molecule has 1 aromatic rings. The first-order chi connectivity index (χ1) is 7.36. The first-order valence-electron chi connectivity index (χ1n) is 5.25. The Morgan fingerprint density at radius 1 is 1.47 bits per heavy atom. The molecule has 0 saturated carbocycles. The van der Waals surface area contributed by atoms with Crippen LogP contribution in [0.25, 0.3) is 0 Å². The van der Waals surface area contributed by atoms with Crippen molar-refractivity contribution in [3.8, 4) is 5.88 Å². The van der Waals surface area contributed by atoms with Crippen molar-refractivity contribution >= 4 is 5.82 Å². The fraction of sp³-hybridized carbons (Fsp3) is 0.600. The van der Waals surface area contributed by atoms with Gasteiger partial charge >= 0.3 is 0 Å². The second-order valence-electron chi connectivity index (χ2n) is 3.16. The summed E-state index contributed by atoms with van der Waals surface area (Å²) in [6.07, 6.45) is 3.39. The van der Waals surface area contributed by atoms with Crippen LogP contribution in [-0.4, -0.2) is 29.7 Å². The van der Waals surface area contributed by atoms with Crippen LogP contribution in [0.1, 0.15) is 19.8 Å². The van der Waals surface area contributed by atoms with E-state index in [1.165, 1.54) is 6.33 Å². The third-order valence-corrected chi connectivity index (χ3v) is 1.78.